The largest absolute Gasteiger partial charge is 0.356 e. The van der Waals surface area contributed by atoms with Gasteiger partial charge in [-0.1, -0.05) is 37.5 Å². The minimum absolute atomic E-state index is 0.419. The Bertz CT molecular complexity index is 540. The molecule has 1 atom stereocenters. The third-order valence-electron chi connectivity index (χ3n) is 5.41. The van der Waals surface area contributed by atoms with E-state index >= 15 is 0 Å². The molecule has 1 heterocycles. The van der Waals surface area contributed by atoms with E-state index in [1.165, 1.54) is 49.1 Å². The van der Waals surface area contributed by atoms with E-state index in [1.54, 1.807) is 5.70 Å². The zero-order valence-electron chi connectivity index (χ0n) is 13.9. The summed E-state index contributed by atoms with van der Waals surface area (Å²) >= 11 is 0. The number of nitrogens with zero attached hydrogens (tertiary/aromatic N) is 2. The molecule has 0 N–H and O–H groups in total. The third kappa shape index (κ3) is 2.45. The van der Waals surface area contributed by atoms with Crippen molar-refractivity contribution in [2.75, 3.05) is 11.9 Å². The summed E-state index contributed by atoms with van der Waals surface area (Å²) in [7, 11) is 2.27. The first-order chi connectivity index (χ1) is 10.1. The smallest absolute Gasteiger partial charge is 0.103 e. The zero-order valence-corrected chi connectivity index (χ0v) is 13.9. The number of rotatable bonds is 2. The second-order valence-corrected chi connectivity index (χ2v) is 6.70. The Morgan fingerprint density at radius 1 is 1.00 bits per heavy atom. The van der Waals surface area contributed by atoms with E-state index in [0.717, 1.165) is 5.92 Å². The zero-order chi connectivity index (χ0) is 15.0. The van der Waals surface area contributed by atoms with Crippen LogP contribution in [0.5, 0.6) is 0 Å². The molecule has 3 rings (SSSR count). The summed E-state index contributed by atoms with van der Waals surface area (Å²) in [4.78, 5) is 5.04. The maximum absolute atomic E-state index is 2.53. The summed E-state index contributed by atoms with van der Waals surface area (Å²) in [6.45, 7) is 6.86. The van der Waals surface area contributed by atoms with Crippen LogP contribution in [0.1, 0.15) is 51.5 Å². The number of allylic oxidation sites excluding steroid dienone is 2. The Hall–Kier alpha value is -1.44. The monoisotopic (exact) mass is 284 g/mol. The van der Waals surface area contributed by atoms with Crippen LogP contribution in [-0.4, -0.2) is 18.1 Å². The van der Waals surface area contributed by atoms with Crippen molar-refractivity contribution in [3.63, 3.8) is 0 Å². The molecule has 1 saturated carbocycles. The summed E-state index contributed by atoms with van der Waals surface area (Å²) in [5, 5.41) is 0. The summed E-state index contributed by atoms with van der Waals surface area (Å²) < 4.78 is 0. The van der Waals surface area contributed by atoms with E-state index in [0.29, 0.717) is 6.17 Å². The van der Waals surface area contributed by atoms with Crippen molar-refractivity contribution in [2.45, 2.75) is 59.0 Å². The van der Waals surface area contributed by atoms with Crippen LogP contribution < -0.4 is 4.90 Å². The lowest BCUT2D eigenvalue weighted by Gasteiger charge is -2.32. The lowest BCUT2D eigenvalue weighted by molar-refractivity contribution is 0.281. The number of para-hydroxylation sites is 1. The standard InChI is InChI=1S/C19H28N2/c1-14-10-8-9-13-18(14)21-15(2)19(20(4)16(21)3)17-11-6-5-7-12-17/h8-10,13,16-17H,5-7,11-12H2,1-4H3. The van der Waals surface area contributed by atoms with Gasteiger partial charge in [-0.05, 0) is 45.2 Å². The quantitative estimate of drug-likeness (QED) is 0.761. The number of benzene rings is 1. The molecule has 0 saturated heterocycles. The van der Waals surface area contributed by atoms with Crippen molar-refractivity contribution in [1.29, 1.82) is 0 Å². The minimum atomic E-state index is 0.419. The Labute approximate surface area is 129 Å². The first-order valence-electron chi connectivity index (χ1n) is 8.39. The molecule has 2 nitrogen and oxygen atoms in total. The van der Waals surface area contributed by atoms with Crippen molar-refractivity contribution >= 4 is 5.69 Å². The predicted molar refractivity (Wildman–Crippen MR) is 90.2 cm³/mol. The summed E-state index contributed by atoms with van der Waals surface area (Å²) in [6, 6.07) is 8.76. The first-order valence-corrected chi connectivity index (χ1v) is 8.39. The fraction of sp³-hybridized carbons (Fsp3) is 0.579. The van der Waals surface area contributed by atoms with Gasteiger partial charge in [0.05, 0.1) is 0 Å². The molecular formula is C19H28N2. The lowest BCUT2D eigenvalue weighted by atomic mass is 9.86. The molecule has 1 aromatic carbocycles. The summed E-state index contributed by atoms with van der Waals surface area (Å²) in [5.41, 5.74) is 5.78. The van der Waals surface area contributed by atoms with Crippen LogP contribution in [0, 0.1) is 12.8 Å². The maximum Gasteiger partial charge on any atom is 0.103 e. The van der Waals surface area contributed by atoms with Gasteiger partial charge in [0.15, 0.2) is 0 Å². The molecule has 114 valence electrons. The molecule has 2 heteroatoms. The molecule has 2 aliphatic rings. The Morgan fingerprint density at radius 2 is 1.67 bits per heavy atom. The van der Waals surface area contributed by atoms with E-state index in [2.05, 4.69) is 61.9 Å². The molecule has 1 unspecified atom stereocenters. The normalized spacial score (nSPS) is 24.1. The van der Waals surface area contributed by atoms with Crippen LogP contribution in [0.25, 0.3) is 0 Å². The van der Waals surface area contributed by atoms with Gasteiger partial charge in [0, 0.05) is 30.0 Å². The summed E-state index contributed by atoms with van der Waals surface area (Å²) in [5.74, 6) is 0.764. The van der Waals surface area contributed by atoms with Crippen LogP contribution >= 0.6 is 0 Å². The number of aryl methyl sites for hydroxylation is 1. The molecule has 0 spiro atoms. The molecule has 1 aliphatic carbocycles. The molecule has 1 aromatic rings. The highest BCUT2D eigenvalue weighted by Gasteiger charge is 2.36. The van der Waals surface area contributed by atoms with Crippen LogP contribution in [0.15, 0.2) is 35.7 Å². The fourth-order valence-corrected chi connectivity index (χ4v) is 4.21. The van der Waals surface area contributed by atoms with E-state index in [1.807, 2.05) is 0 Å². The molecule has 0 amide bonds. The van der Waals surface area contributed by atoms with Gasteiger partial charge < -0.3 is 9.80 Å². The summed E-state index contributed by atoms with van der Waals surface area (Å²) in [6.07, 6.45) is 7.37. The molecule has 1 fully saturated rings. The van der Waals surface area contributed by atoms with E-state index in [-0.39, 0.29) is 0 Å². The van der Waals surface area contributed by atoms with Gasteiger partial charge in [-0.2, -0.15) is 0 Å². The number of hydrogen-bond donors (Lipinski definition) is 0. The van der Waals surface area contributed by atoms with Crippen LogP contribution in [0.4, 0.5) is 5.69 Å². The average Bonchev–Trinajstić information content (AvgIpc) is 2.71. The molecule has 1 aliphatic heterocycles. The van der Waals surface area contributed by atoms with E-state index in [4.69, 9.17) is 0 Å². The Kier molecular flexibility index (Phi) is 3.97. The highest BCUT2D eigenvalue weighted by atomic mass is 15.4. The van der Waals surface area contributed by atoms with Crippen molar-refractivity contribution in [2.24, 2.45) is 5.92 Å². The maximum atomic E-state index is 2.53. The SMILES string of the molecule is CC1=C(C2CCCCC2)N(C)C(C)N1c1ccccc1C. The van der Waals surface area contributed by atoms with Crippen LogP contribution in [-0.2, 0) is 0 Å². The molecule has 0 bridgehead atoms. The fourth-order valence-electron chi connectivity index (χ4n) is 4.21. The van der Waals surface area contributed by atoms with E-state index in [9.17, 15) is 0 Å². The lowest BCUT2D eigenvalue weighted by Crippen LogP contribution is -2.36. The van der Waals surface area contributed by atoms with Crippen LogP contribution in [0.2, 0.25) is 0 Å². The number of hydrogen-bond acceptors (Lipinski definition) is 2. The molecule has 0 aromatic heterocycles. The molecule has 0 radical (unpaired) electrons. The molecular weight excluding hydrogens is 256 g/mol. The number of anilines is 1. The van der Waals surface area contributed by atoms with Gasteiger partial charge in [-0.15, -0.1) is 0 Å². The van der Waals surface area contributed by atoms with Gasteiger partial charge in [-0.25, -0.2) is 0 Å². The first kappa shape index (κ1) is 14.5. The average molecular weight is 284 g/mol. The highest BCUT2D eigenvalue weighted by Crippen LogP contribution is 2.41. The Balaban J connectivity index is 1.98. The Morgan fingerprint density at radius 3 is 2.33 bits per heavy atom. The van der Waals surface area contributed by atoms with Gasteiger partial charge in [0.2, 0.25) is 0 Å². The van der Waals surface area contributed by atoms with Crippen molar-refractivity contribution < 1.29 is 0 Å². The third-order valence-corrected chi connectivity index (χ3v) is 5.41. The van der Waals surface area contributed by atoms with Crippen molar-refractivity contribution in [3.8, 4) is 0 Å². The van der Waals surface area contributed by atoms with Crippen molar-refractivity contribution in [1.82, 2.24) is 4.90 Å². The predicted octanol–water partition coefficient (Wildman–Crippen LogP) is 4.90. The topological polar surface area (TPSA) is 6.48 Å². The minimum Gasteiger partial charge on any atom is -0.356 e. The second kappa shape index (κ2) is 5.75. The van der Waals surface area contributed by atoms with Crippen molar-refractivity contribution in [3.05, 3.63) is 41.2 Å². The molecule has 21 heavy (non-hydrogen) atoms. The van der Waals surface area contributed by atoms with Gasteiger partial charge >= 0.3 is 0 Å². The van der Waals surface area contributed by atoms with Gasteiger partial charge in [0.25, 0.3) is 0 Å². The van der Waals surface area contributed by atoms with Crippen LogP contribution in [0.3, 0.4) is 0 Å². The van der Waals surface area contributed by atoms with E-state index < -0.39 is 0 Å². The van der Waals surface area contributed by atoms with Gasteiger partial charge in [0.1, 0.15) is 6.17 Å². The highest BCUT2D eigenvalue weighted by molar-refractivity contribution is 5.60. The second-order valence-electron chi connectivity index (χ2n) is 6.70. The van der Waals surface area contributed by atoms with Gasteiger partial charge in [-0.3, -0.25) is 0 Å².